The monoisotopic (exact) mass is 750 g/mol. The molecular weight excluding hydrogens is 702 g/mol. The summed E-state index contributed by atoms with van der Waals surface area (Å²) in [6.45, 7) is 0. The summed E-state index contributed by atoms with van der Waals surface area (Å²) in [5, 5.41) is 28.2. The second kappa shape index (κ2) is 18.9. The number of carbonyl (C=O) groups excluding carboxylic acids is 2. The maximum Gasteiger partial charge on any atom is 0.115 e. The molecule has 2 aliphatic rings. The van der Waals surface area contributed by atoms with Crippen LogP contribution in [-0.4, -0.2) is 23.3 Å². The van der Waals surface area contributed by atoms with Gasteiger partial charge < -0.3 is 19.8 Å². The van der Waals surface area contributed by atoms with Crippen LogP contribution in [0.4, 0.5) is 0 Å². The Bertz CT molecular complexity index is 1670. The molecule has 0 spiro atoms. The largest absolute Gasteiger partial charge is 0.550 e. The fraction of sp³-hybridized carbons (Fsp3) is 0.208. The Morgan fingerprint density at radius 3 is 0.685 bits per heavy atom. The van der Waals surface area contributed by atoms with Crippen molar-refractivity contribution in [2.24, 2.45) is 0 Å². The zero-order chi connectivity index (χ0) is 37.6. The zero-order valence-corrected chi connectivity index (χ0v) is 32.4. The first-order valence-corrected chi connectivity index (χ1v) is 22.7. The minimum atomic E-state index is -1.56. The highest BCUT2D eigenvalue weighted by atomic mass is 31.2. The molecule has 0 aliphatic heterocycles. The maximum absolute atomic E-state index is 9.50. The summed E-state index contributed by atoms with van der Waals surface area (Å²) in [6.07, 6.45) is 7.22. The zero-order valence-electron chi connectivity index (χ0n) is 30.7. The van der Waals surface area contributed by atoms with Crippen molar-refractivity contribution in [1.29, 1.82) is 0 Å². The fourth-order valence-corrected chi connectivity index (χ4v) is 18.3. The van der Waals surface area contributed by atoms with Crippen molar-refractivity contribution >= 4 is 58.3 Å². The Labute approximate surface area is 321 Å². The second-order valence-electron chi connectivity index (χ2n) is 13.9. The molecule has 0 atom stereocenters. The molecule has 274 valence electrons. The van der Waals surface area contributed by atoms with Crippen molar-refractivity contribution in [2.75, 3.05) is 0 Å². The van der Waals surface area contributed by atoms with Crippen molar-refractivity contribution < 1.29 is 19.8 Å². The molecule has 6 heteroatoms. The summed E-state index contributed by atoms with van der Waals surface area (Å²) in [6, 6.07) is 67.5. The second-order valence-corrected chi connectivity index (χ2v) is 21.3. The van der Waals surface area contributed by atoms with E-state index in [-0.39, 0.29) is 0 Å². The van der Waals surface area contributed by atoms with Crippen LogP contribution in [0.15, 0.2) is 182 Å². The SMILES string of the molecule is O=C([O-])CCC(=O)[O-].c1ccc([P+](c2ccccc2)(c2ccccc2)C2CCC2)cc1.c1ccc([P+](c2ccccc2)(c2ccccc2)C2CCC2)cc1. The van der Waals surface area contributed by atoms with E-state index in [1.807, 2.05) is 0 Å². The maximum atomic E-state index is 9.50. The van der Waals surface area contributed by atoms with Gasteiger partial charge in [-0.25, -0.2) is 0 Å². The fourth-order valence-electron chi connectivity index (χ4n) is 7.89. The molecule has 0 saturated heterocycles. The number of carbonyl (C=O) groups is 2. The van der Waals surface area contributed by atoms with Gasteiger partial charge in [0, 0.05) is 11.9 Å². The Balaban J connectivity index is 0.000000154. The van der Waals surface area contributed by atoms with Gasteiger partial charge in [-0.15, -0.1) is 0 Å². The Morgan fingerprint density at radius 1 is 0.370 bits per heavy atom. The molecule has 0 amide bonds. The average molecular weight is 751 g/mol. The predicted molar refractivity (Wildman–Crippen MR) is 225 cm³/mol. The lowest BCUT2D eigenvalue weighted by Crippen LogP contribution is -2.41. The standard InChI is InChI=1S/2C22H22P.C4H6O4/c2*1-4-11-19(12-5-1)23(22-17-10-18-22,20-13-6-2-7-14-20)21-15-8-3-9-16-21;5-3(6)1-2-4(7)8/h2*1-9,11-16,22H,10,17-18H2;1-2H2,(H,5,6)(H,7,8)/q2*+1;/p-2. The Hall–Kier alpha value is -4.88. The molecule has 4 nitrogen and oxygen atoms in total. The molecule has 54 heavy (non-hydrogen) atoms. The summed E-state index contributed by atoms with van der Waals surface area (Å²) in [7, 11) is -3.11. The van der Waals surface area contributed by atoms with Crippen molar-refractivity contribution in [1.82, 2.24) is 0 Å². The molecule has 2 aliphatic carbocycles. The van der Waals surface area contributed by atoms with Gasteiger partial charge in [0.05, 0.1) is 11.3 Å². The number of carboxylic acid groups (broad SMARTS) is 2. The van der Waals surface area contributed by atoms with Crippen LogP contribution in [-0.2, 0) is 9.59 Å². The number of aliphatic carboxylic acids is 2. The van der Waals surface area contributed by atoms with E-state index < -0.39 is 39.3 Å². The molecule has 8 rings (SSSR count). The van der Waals surface area contributed by atoms with Crippen LogP contribution >= 0.6 is 14.5 Å². The smallest absolute Gasteiger partial charge is 0.115 e. The minimum absolute atomic E-state index is 0.470. The predicted octanol–water partition coefficient (Wildman–Crippen LogP) is 6.33. The molecule has 2 fully saturated rings. The van der Waals surface area contributed by atoms with E-state index >= 15 is 0 Å². The van der Waals surface area contributed by atoms with Crippen LogP contribution in [0.5, 0.6) is 0 Å². The van der Waals surface area contributed by atoms with E-state index in [2.05, 4.69) is 182 Å². The van der Waals surface area contributed by atoms with Crippen LogP contribution in [0.1, 0.15) is 51.4 Å². The Kier molecular flexibility index (Phi) is 13.6. The van der Waals surface area contributed by atoms with Crippen molar-refractivity contribution in [3.8, 4) is 0 Å². The molecular formula is C48H48O4P2. The number of hydrogen-bond donors (Lipinski definition) is 0. The quantitative estimate of drug-likeness (QED) is 0.145. The molecule has 0 unspecified atom stereocenters. The normalized spacial score (nSPS) is 14.1. The van der Waals surface area contributed by atoms with E-state index in [1.54, 1.807) is 0 Å². The molecule has 2 saturated carbocycles. The van der Waals surface area contributed by atoms with Gasteiger partial charge in [0.15, 0.2) is 0 Å². The number of hydrogen-bond acceptors (Lipinski definition) is 4. The summed E-state index contributed by atoms with van der Waals surface area (Å²) in [5.74, 6) is -2.73. The highest BCUT2D eigenvalue weighted by molar-refractivity contribution is 7.96. The van der Waals surface area contributed by atoms with Gasteiger partial charge in [-0.2, -0.15) is 0 Å². The van der Waals surface area contributed by atoms with Crippen molar-refractivity contribution in [3.05, 3.63) is 182 Å². The van der Waals surface area contributed by atoms with Crippen LogP contribution < -0.4 is 42.0 Å². The third-order valence-corrected chi connectivity index (χ3v) is 20.7. The highest BCUT2D eigenvalue weighted by Crippen LogP contribution is 2.66. The van der Waals surface area contributed by atoms with E-state index in [1.165, 1.54) is 70.4 Å². The lowest BCUT2D eigenvalue weighted by atomic mass is 10.00. The van der Waals surface area contributed by atoms with E-state index in [4.69, 9.17) is 0 Å². The average Bonchev–Trinajstić information content (AvgIpc) is 3.19. The van der Waals surface area contributed by atoms with Gasteiger partial charge in [0.2, 0.25) is 0 Å². The van der Waals surface area contributed by atoms with Crippen LogP contribution in [0.2, 0.25) is 0 Å². The molecule has 0 radical (unpaired) electrons. The Morgan fingerprint density at radius 2 is 0.556 bits per heavy atom. The van der Waals surface area contributed by atoms with Gasteiger partial charge in [-0.3, -0.25) is 0 Å². The lowest BCUT2D eigenvalue weighted by Gasteiger charge is -2.39. The summed E-state index contributed by atoms with van der Waals surface area (Å²) >= 11 is 0. The summed E-state index contributed by atoms with van der Waals surface area (Å²) in [4.78, 5) is 19.0. The topological polar surface area (TPSA) is 80.3 Å². The third-order valence-electron chi connectivity index (χ3n) is 10.8. The molecule has 0 bridgehead atoms. The molecule has 0 heterocycles. The first kappa shape index (κ1) is 38.8. The molecule has 0 N–H and O–H groups in total. The molecule has 6 aromatic rings. The number of benzene rings is 6. The van der Waals surface area contributed by atoms with Gasteiger partial charge in [0.25, 0.3) is 0 Å². The van der Waals surface area contributed by atoms with Crippen molar-refractivity contribution in [2.45, 2.75) is 62.7 Å². The van der Waals surface area contributed by atoms with Gasteiger partial charge in [-0.1, -0.05) is 109 Å². The first-order chi connectivity index (χ1) is 26.5. The summed E-state index contributed by atoms with van der Waals surface area (Å²) in [5.41, 5.74) is 1.57. The van der Waals surface area contributed by atoms with Crippen LogP contribution in [0, 0.1) is 0 Å². The van der Waals surface area contributed by atoms with E-state index in [0.717, 1.165) is 11.3 Å². The highest BCUT2D eigenvalue weighted by Gasteiger charge is 2.55. The van der Waals surface area contributed by atoms with Crippen LogP contribution in [0.3, 0.4) is 0 Å². The van der Waals surface area contributed by atoms with Gasteiger partial charge in [0.1, 0.15) is 46.4 Å². The first-order valence-electron chi connectivity index (χ1n) is 19.0. The van der Waals surface area contributed by atoms with Crippen molar-refractivity contribution in [3.63, 3.8) is 0 Å². The van der Waals surface area contributed by atoms with Crippen LogP contribution in [0.25, 0.3) is 0 Å². The lowest BCUT2D eigenvalue weighted by molar-refractivity contribution is -0.315. The molecule has 0 aromatic heterocycles. The number of rotatable bonds is 11. The van der Waals surface area contributed by atoms with E-state index in [9.17, 15) is 19.8 Å². The number of carboxylic acids is 2. The van der Waals surface area contributed by atoms with Gasteiger partial charge in [-0.05, 0) is 124 Å². The summed E-state index contributed by atoms with van der Waals surface area (Å²) < 4.78 is 0. The van der Waals surface area contributed by atoms with E-state index in [0.29, 0.717) is 0 Å². The molecule has 6 aromatic carbocycles. The van der Waals surface area contributed by atoms with Gasteiger partial charge >= 0.3 is 0 Å². The minimum Gasteiger partial charge on any atom is -0.550 e. The third kappa shape index (κ3) is 8.57.